The Morgan fingerprint density at radius 1 is 1.24 bits per heavy atom. The first kappa shape index (κ1) is 17.9. The van der Waals surface area contributed by atoms with Crippen molar-refractivity contribution in [3.63, 3.8) is 0 Å². The van der Waals surface area contributed by atoms with Crippen LogP contribution in [0.15, 0.2) is 48.7 Å². The fourth-order valence-electron chi connectivity index (χ4n) is 3.65. The van der Waals surface area contributed by atoms with E-state index in [-0.39, 0.29) is 0 Å². The second-order valence-corrected chi connectivity index (χ2v) is 7.09. The highest BCUT2D eigenvalue weighted by Gasteiger charge is 2.27. The van der Waals surface area contributed by atoms with Crippen LogP contribution in [0.3, 0.4) is 0 Å². The summed E-state index contributed by atoms with van der Waals surface area (Å²) in [6.07, 6.45) is 3.05. The second-order valence-electron chi connectivity index (χ2n) is 7.09. The summed E-state index contributed by atoms with van der Waals surface area (Å²) in [6.45, 7) is 7.78. The van der Waals surface area contributed by atoms with E-state index >= 15 is 0 Å². The number of aromatic nitrogens is 1. The molecule has 3 atom stereocenters. The molecule has 2 aromatic rings. The van der Waals surface area contributed by atoms with E-state index in [9.17, 15) is 0 Å². The summed E-state index contributed by atoms with van der Waals surface area (Å²) in [6, 6.07) is 15.4. The van der Waals surface area contributed by atoms with Crippen molar-refractivity contribution in [2.24, 2.45) is 5.92 Å². The molecule has 1 fully saturated rings. The van der Waals surface area contributed by atoms with Gasteiger partial charge in [-0.2, -0.15) is 0 Å². The number of likely N-dealkylation sites (tertiary alicyclic amines) is 1. The normalized spacial score (nSPS) is 22.5. The number of hydrogen-bond donors (Lipinski definition) is 1. The number of piperidine rings is 1. The lowest BCUT2D eigenvalue weighted by Gasteiger charge is -2.38. The number of methoxy groups -OCH3 is 1. The summed E-state index contributed by atoms with van der Waals surface area (Å²) >= 11 is 0. The number of hydrogen-bond acceptors (Lipinski definition) is 4. The van der Waals surface area contributed by atoms with Gasteiger partial charge in [0.2, 0.25) is 0 Å². The van der Waals surface area contributed by atoms with Gasteiger partial charge in [-0.1, -0.05) is 25.1 Å². The molecule has 0 saturated carbocycles. The summed E-state index contributed by atoms with van der Waals surface area (Å²) in [7, 11) is 1.71. The minimum absolute atomic E-state index is 0.348. The van der Waals surface area contributed by atoms with E-state index in [1.807, 2.05) is 24.4 Å². The van der Waals surface area contributed by atoms with Crippen LogP contribution in [0.4, 0.5) is 0 Å². The minimum Gasteiger partial charge on any atom is -0.497 e. The molecule has 0 spiro atoms. The largest absolute Gasteiger partial charge is 0.497 e. The second kappa shape index (κ2) is 8.45. The zero-order chi connectivity index (χ0) is 17.6. The van der Waals surface area contributed by atoms with Crippen LogP contribution in [0.25, 0.3) is 0 Å². The molecule has 0 amide bonds. The molecule has 1 N–H and O–H groups in total. The van der Waals surface area contributed by atoms with E-state index in [1.165, 1.54) is 12.0 Å². The number of ether oxygens (including phenoxy) is 1. The third-order valence-corrected chi connectivity index (χ3v) is 5.18. The molecule has 0 bridgehead atoms. The fraction of sp³-hybridized carbons (Fsp3) is 0.476. The summed E-state index contributed by atoms with van der Waals surface area (Å²) in [5.41, 5.74) is 2.47. The summed E-state index contributed by atoms with van der Waals surface area (Å²) in [4.78, 5) is 6.97. The van der Waals surface area contributed by atoms with Crippen molar-refractivity contribution in [3.8, 4) is 5.75 Å². The average molecular weight is 339 g/mol. The van der Waals surface area contributed by atoms with Gasteiger partial charge in [-0.25, -0.2) is 0 Å². The van der Waals surface area contributed by atoms with Gasteiger partial charge in [-0.3, -0.25) is 9.88 Å². The number of rotatable bonds is 6. The molecule has 2 heterocycles. The van der Waals surface area contributed by atoms with Crippen molar-refractivity contribution in [2.75, 3.05) is 20.2 Å². The average Bonchev–Trinajstić information content (AvgIpc) is 2.65. The molecule has 4 nitrogen and oxygen atoms in total. The zero-order valence-corrected chi connectivity index (χ0v) is 15.5. The lowest BCUT2D eigenvalue weighted by Crippen LogP contribution is -2.48. The van der Waals surface area contributed by atoms with Crippen molar-refractivity contribution in [1.82, 2.24) is 15.2 Å². The highest BCUT2D eigenvalue weighted by molar-refractivity contribution is 5.28. The van der Waals surface area contributed by atoms with Crippen molar-refractivity contribution < 1.29 is 4.74 Å². The molecule has 4 heteroatoms. The van der Waals surface area contributed by atoms with Gasteiger partial charge in [-0.15, -0.1) is 0 Å². The Kier molecular flexibility index (Phi) is 6.05. The molecule has 0 aliphatic carbocycles. The molecule has 0 radical (unpaired) electrons. The van der Waals surface area contributed by atoms with Crippen molar-refractivity contribution in [1.29, 1.82) is 0 Å². The Bertz CT molecular complexity index is 644. The first-order valence-corrected chi connectivity index (χ1v) is 9.18. The van der Waals surface area contributed by atoms with Crippen LogP contribution in [0, 0.1) is 5.92 Å². The van der Waals surface area contributed by atoms with Crippen LogP contribution in [0.5, 0.6) is 5.75 Å². The number of nitrogens with one attached hydrogen (secondary N) is 1. The maximum Gasteiger partial charge on any atom is 0.118 e. The molecule has 25 heavy (non-hydrogen) atoms. The van der Waals surface area contributed by atoms with Gasteiger partial charge in [0.05, 0.1) is 12.8 Å². The SMILES string of the molecule is COc1ccc(C(C)NC2CCN(Cc3ccccn3)CC2C)cc1. The van der Waals surface area contributed by atoms with E-state index in [0.717, 1.165) is 31.1 Å². The lowest BCUT2D eigenvalue weighted by molar-refractivity contribution is 0.134. The van der Waals surface area contributed by atoms with Crippen LogP contribution < -0.4 is 10.1 Å². The van der Waals surface area contributed by atoms with Crippen LogP contribution in [-0.2, 0) is 6.54 Å². The third kappa shape index (κ3) is 4.80. The monoisotopic (exact) mass is 339 g/mol. The molecular formula is C21H29N3O. The minimum atomic E-state index is 0.348. The Morgan fingerprint density at radius 2 is 2.04 bits per heavy atom. The molecule has 3 unspecified atom stereocenters. The quantitative estimate of drug-likeness (QED) is 0.872. The molecule has 134 valence electrons. The predicted octanol–water partition coefficient (Wildman–Crippen LogP) is 3.65. The third-order valence-electron chi connectivity index (χ3n) is 5.18. The van der Waals surface area contributed by atoms with Crippen LogP contribution >= 0.6 is 0 Å². The van der Waals surface area contributed by atoms with Gasteiger partial charge < -0.3 is 10.1 Å². The molecular weight excluding hydrogens is 310 g/mol. The van der Waals surface area contributed by atoms with E-state index in [1.54, 1.807) is 7.11 Å². The van der Waals surface area contributed by atoms with Gasteiger partial charge in [0.1, 0.15) is 5.75 Å². The van der Waals surface area contributed by atoms with Gasteiger partial charge in [0, 0.05) is 37.9 Å². The Morgan fingerprint density at radius 3 is 2.68 bits per heavy atom. The van der Waals surface area contributed by atoms with E-state index in [0.29, 0.717) is 18.0 Å². The number of nitrogens with zero attached hydrogens (tertiary/aromatic N) is 2. The molecule has 1 aliphatic rings. The lowest BCUT2D eigenvalue weighted by atomic mass is 9.92. The van der Waals surface area contributed by atoms with Crippen molar-refractivity contribution in [2.45, 2.75) is 38.9 Å². The standard InChI is InChI=1S/C21H29N3O/c1-16-14-24(15-19-6-4-5-12-22-19)13-11-21(16)23-17(2)18-7-9-20(25-3)10-8-18/h4-10,12,16-17,21,23H,11,13-15H2,1-3H3. The van der Waals surface area contributed by atoms with Gasteiger partial charge in [0.25, 0.3) is 0 Å². The summed E-state index contributed by atoms with van der Waals surface area (Å²) in [5, 5.41) is 3.82. The highest BCUT2D eigenvalue weighted by Crippen LogP contribution is 2.23. The van der Waals surface area contributed by atoms with Gasteiger partial charge in [-0.05, 0) is 49.1 Å². The predicted molar refractivity (Wildman–Crippen MR) is 102 cm³/mol. The first-order valence-electron chi connectivity index (χ1n) is 9.18. The molecule has 3 rings (SSSR count). The number of pyridine rings is 1. The van der Waals surface area contributed by atoms with Gasteiger partial charge in [0.15, 0.2) is 0 Å². The van der Waals surface area contributed by atoms with E-state index in [2.05, 4.69) is 53.3 Å². The Hall–Kier alpha value is -1.91. The topological polar surface area (TPSA) is 37.4 Å². The summed E-state index contributed by atoms with van der Waals surface area (Å²) < 4.78 is 5.25. The zero-order valence-electron chi connectivity index (χ0n) is 15.5. The molecule has 1 aliphatic heterocycles. The van der Waals surface area contributed by atoms with Gasteiger partial charge >= 0.3 is 0 Å². The van der Waals surface area contributed by atoms with Crippen molar-refractivity contribution in [3.05, 3.63) is 59.9 Å². The smallest absolute Gasteiger partial charge is 0.118 e. The maximum absolute atomic E-state index is 5.25. The van der Waals surface area contributed by atoms with Crippen LogP contribution in [-0.4, -0.2) is 36.1 Å². The highest BCUT2D eigenvalue weighted by atomic mass is 16.5. The van der Waals surface area contributed by atoms with Crippen LogP contribution in [0.2, 0.25) is 0 Å². The first-order chi connectivity index (χ1) is 12.2. The molecule has 1 aromatic carbocycles. The fourth-order valence-corrected chi connectivity index (χ4v) is 3.65. The van der Waals surface area contributed by atoms with E-state index in [4.69, 9.17) is 4.74 Å². The Labute approximate surface area is 151 Å². The van der Waals surface area contributed by atoms with E-state index < -0.39 is 0 Å². The van der Waals surface area contributed by atoms with Crippen molar-refractivity contribution >= 4 is 0 Å². The maximum atomic E-state index is 5.25. The van der Waals surface area contributed by atoms with Crippen LogP contribution in [0.1, 0.15) is 37.6 Å². The number of benzene rings is 1. The Balaban J connectivity index is 1.52. The summed E-state index contributed by atoms with van der Waals surface area (Å²) in [5.74, 6) is 1.53. The molecule has 1 aromatic heterocycles. The molecule has 1 saturated heterocycles.